The maximum Gasteiger partial charge on any atom is 0.344 e. The summed E-state index contributed by atoms with van der Waals surface area (Å²) < 4.78 is 17.7. The van der Waals surface area contributed by atoms with Gasteiger partial charge in [-0.15, -0.1) is 0 Å². The van der Waals surface area contributed by atoms with E-state index in [2.05, 4.69) is 18.4 Å². The van der Waals surface area contributed by atoms with E-state index < -0.39 is 5.97 Å². The minimum absolute atomic E-state index is 0.226. The Bertz CT molecular complexity index is 791. The predicted octanol–water partition coefficient (Wildman–Crippen LogP) is 3.50. The number of methoxy groups -OCH3 is 1. The molecule has 2 aromatic rings. The first-order chi connectivity index (χ1) is 12.3. The van der Waals surface area contributed by atoms with Crippen LogP contribution in [0.5, 0.6) is 11.5 Å². The molecule has 140 valence electrons. The molecule has 0 amide bonds. The van der Waals surface area contributed by atoms with Crippen molar-refractivity contribution in [3.8, 4) is 11.5 Å². The molecule has 0 unspecified atom stereocenters. The van der Waals surface area contributed by atoms with E-state index in [0.29, 0.717) is 17.1 Å². The number of ketones is 1. The highest BCUT2D eigenvalue weighted by atomic mass is 16.6. The molecule has 0 fully saturated rings. The van der Waals surface area contributed by atoms with Crippen LogP contribution in [0.2, 0.25) is 0 Å². The summed E-state index contributed by atoms with van der Waals surface area (Å²) in [5.41, 5.74) is 2.46. The number of Topliss-reactive ketones (excluding diaryl/α,β-unsaturated/α-hetero) is 1. The summed E-state index contributed by atoms with van der Waals surface area (Å²) in [5, 5.41) is 0. The third-order valence-corrected chi connectivity index (χ3v) is 4.08. The normalized spacial score (nSPS) is 10.7. The average molecular weight is 359 g/mol. The molecule has 0 bridgehead atoms. The topological polar surface area (TPSA) is 66.8 Å². The fourth-order valence-electron chi connectivity index (χ4n) is 2.99. The van der Waals surface area contributed by atoms with Crippen LogP contribution in [0, 0.1) is 13.8 Å². The minimum Gasteiger partial charge on any atom is -0.493 e. The summed E-state index contributed by atoms with van der Waals surface area (Å²) in [5.74, 6) is 0.133. The van der Waals surface area contributed by atoms with Crippen molar-refractivity contribution in [2.75, 3.05) is 20.3 Å². The number of hydrogen-bond donors (Lipinski definition) is 0. The number of aryl methyl sites for hydroxylation is 1. The molecule has 1 aromatic carbocycles. The van der Waals surface area contributed by atoms with E-state index in [1.807, 2.05) is 19.9 Å². The number of esters is 1. The largest absolute Gasteiger partial charge is 0.493 e. The summed E-state index contributed by atoms with van der Waals surface area (Å²) in [6.45, 7) is 7.37. The number of nitrogens with zero attached hydrogens (tertiary/aromatic N) is 1. The highest BCUT2D eigenvalue weighted by molar-refractivity contribution is 5.99. The second-order valence-electron chi connectivity index (χ2n) is 6.27. The molecule has 0 aliphatic heterocycles. The van der Waals surface area contributed by atoms with Gasteiger partial charge in [0.25, 0.3) is 0 Å². The molecule has 1 heterocycles. The predicted molar refractivity (Wildman–Crippen MR) is 98.1 cm³/mol. The van der Waals surface area contributed by atoms with Gasteiger partial charge < -0.3 is 18.8 Å². The highest BCUT2D eigenvalue weighted by Crippen LogP contribution is 2.25. The first-order valence-electron chi connectivity index (χ1n) is 8.48. The lowest BCUT2D eigenvalue weighted by atomic mass is 10.1. The van der Waals surface area contributed by atoms with Gasteiger partial charge in [-0.2, -0.15) is 0 Å². The van der Waals surface area contributed by atoms with E-state index in [9.17, 15) is 9.59 Å². The maximum absolute atomic E-state index is 12.4. The zero-order valence-corrected chi connectivity index (χ0v) is 15.9. The molecule has 26 heavy (non-hydrogen) atoms. The van der Waals surface area contributed by atoms with E-state index >= 15 is 0 Å². The van der Waals surface area contributed by atoms with Crippen LogP contribution < -0.4 is 9.47 Å². The molecule has 0 saturated carbocycles. The molecule has 0 N–H and O–H groups in total. The van der Waals surface area contributed by atoms with E-state index in [1.54, 1.807) is 24.3 Å². The molecule has 0 spiro atoms. The lowest BCUT2D eigenvalue weighted by Gasteiger charge is -2.13. The Morgan fingerprint density at radius 2 is 1.73 bits per heavy atom. The number of rotatable bonds is 8. The van der Waals surface area contributed by atoms with Crippen molar-refractivity contribution >= 4 is 11.8 Å². The van der Waals surface area contributed by atoms with Crippen LogP contribution in [0.25, 0.3) is 0 Å². The monoisotopic (exact) mass is 359 g/mol. The van der Waals surface area contributed by atoms with Gasteiger partial charge in [-0.05, 0) is 45.9 Å². The van der Waals surface area contributed by atoms with Crippen molar-refractivity contribution in [2.24, 2.45) is 0 Å². The van der Waals surface area contributed by atoms with Crippen LogP contribution in [0.3, 0.4) is 0 Å². The Hall–Kier alpha value is -2.76. The van der Waals surface area contributed by atoms with E-state index in [0.717, 1.165) is 11.4 Å². The zero-order valence-electron chi connectivity index (χ0n) is 15.9. The Kier molecular flexibility index (Phi) is 6.44. The van der Waals surface area contributed by atoms with Crippen LogP contribution in [0.15, 0.2) is 30.3 Å². The molecule has 0 radical (unpaired) electrons. The van der Waals surface area contributed by atoms with Crippen LogP contribution in [0.1, 0.15) is 41.6 Å². The Morgan fingerprint density at radius 1 is 1.08 bits per heavy atom. The number of benzene rings is 1. The summed E-state index contributed by atoms with van der Waals surface area (Å²) in [7, 11) is 1.52. The number of hydrogen-bond acceptors (Lipinski definition) is 5. The molecule has 0 atom stereocenters. The lowest BCUT2D eigenvalue weighted by Crippen LogP contribution is -2.20. The highest BCUT2D eigenvalue weighted by Gasteiger charge is 2.18. The average Bonchev–Trinajstić information content (AvgIpc) is 2.92. The van der Waals surface area contributed by atoms with Gasteiger partial charge in [-0.3, -0.25) is 4.79 Å². The van der Waals surface area contributed by atoms with Gasteiger partial charge in [0, 0.05) is 23.0 Å². The Morgan fingerprint density at radius 3 is 2.31 bits per heavy atom. The molecule has 0 aliphatic carbocycles. The first-order valence-corrected chi connectivity index (χ1v) is 8.48. The second kappa shape index (κ2) is 8.56. The SMILES string of the molecule is COc1ccccc1OCC(=O)OCC(=O)c1cc(C)n(C(C)C)c1C. The molecule has 2 rings (SSSR count). The molecular weight excluding hydrogens is 334 g/mol. The van der Waals surface area contributed by atoms with E-state index in [-0.39, 0.29) is 25.0 Å². The van der Waals surface area contributed by atoms with Gasteiger partial charge in [0.2, 0.25) is 5.78 Å². The van der Waals surface area contributed by atoms with Crippen molar-refractivity contribution in [3.05, 3.63) is 47.3 Å². The number of para-hydroxylation sites is 2. The van der Waals surface area contributed by atoms with E-state index in [1.165, 1.54) is 7.11 Å². The molecule has 6 heteroatoms. The molecular formula is C20H25NO5. The summed E-state index contributed by atoms with van der Waals surface area (Å²) in [6.07, 6.45) is 0. The van der Waals surface area contributed by atoms with Crippen molar-refractivity contribution in [1.29, 1.82) is 0 Å². The van der Waals surface area contributed by atoms with Crippen molar-refractivity contribution in [3.63, 3.8) is 0 Å². The number of carbonyl (C=O) groups is 2. The minimum atomic E-state index is -0.609. The molecule has 0 saturated heterocycles. The van der Waals surface area contributed by atoms with Crippen molar-refractivity contribution < 1.29 is 23.8 Å². The van der Waals surface area contributed by atoms with Crippen LogP contribution in [0.4, 0.5) is 0 Å². The van der Waals surface area contributed by atoms with Crippen molar-refractivity contribution in [1.82, 2.24) is 4.57 Å². The van der Waals surface area contributed by atoms with Gasteiger partial charge >= 0.3 is 5.97 Å². The quantitative estimate of drug-likeness (QED) is 0.533. The number of ether oxygens (including phenoxy) is 3. The fourth-order valence-corrected chi connectivity index (χ4v) is 2.99. The molecule has 1 aromatic heterocycles. The zero-order chi connectivity index (χ0) is 19.3. The van der Waals surface area contributed by atoms with Crippen LogP contribution in [-0.4, -0.2) is 36.6 Å². The number of carbonyl (C=O) groups excluding carboxylic acids is 2. The third kappa shape index (κ3) is 4.45. The molecule has 0 aliphatic rings. The van der Waals surface area contributed by atoms with Gasteiger partial charge in [-0.1, -0.05) is 12.1 Å². The fraction of sp³-hybridized carbons (Fsp3) is 0.400. The van der Waals surface area contributed by atoms with Crippen LogP contribution >= 0.6 is 0 Å². The Labute approximate surface area is 153 Å². The summed E-state index contributed by atoms with van der Waals surface area (Å²) in [4.78, 5) is 24.3. The summed E-state index contributed by atoms with van der Waals surface area (Å²) in [6, 6.07) is 9.09. The lowest BCUT2D eigenvalue weighted by molar-refractivity contribution is -0.144. The third-order valence-electron chi connectivity index (χ3n) is 4.08. The standard InChI is InChI=1S/C20H25NO5/c1-13(2)21-14(3)10-16(15(21)4)17(22)11-26-20(23)12-25-19-9-7-6-8-18(19)24-5/h6-10,13H,11-12H2,1-5H3. The van der Waals surface area contributed by atoms with E-state index in [4.69, 9.17) is 14.2 Å². The van der Waals surface area contributed by atoms with Crippen LogP contribution in [-0.2, 0) is 9.53 Å². The smallest absolute Gasteiger partial charge is 0.344 e. The van der Waals surface area contributed by atoms with Crippen molar-refractivity contribution in [2.45, 2.75) is 33.7 Å². The maximum atomic E-state index is 12.4. The van der Waals surface area contributed by atoms with Gasteiger partial charge in [0.05, 0.1) is 7.11 Å². The second-order valence-corrected chi connectivity index (χ2v) is 6.27. The Balaban J connectivity index is 1.91. The van der Waals surface area contributed by atoms with Gasteiger partial charge in [0.15, 0.2) is 24.7 Å². The molecule has 6 nitrogen and oxygen atoms in total. The summed E-state index contributed by atoms with van der Waals surface area (Å²) >= 11 is 0. The number of aromatic nitrogens is 1. The van der Waals surface area contributed by atoms with Gasteiger partial charge in [0.1, 0.15) is 0 Å². The van der Waals surface area contributed by atoms with Gasteiger partial charge in [-0.25, -0.2) is 4.79 Å². The first kappa shape index (κ1) is 19.6.